The van der Waals surface area contributed by atoms with Crippen molar-refractivity contribution in [3.63, 3.8) is 0 Å². The van der Waals surface area contributed by atoms with E-state index in [4.69, 9.17) is 5.73 Å². The lowest BCUT2D eigenvalue weighted by molar-refractivity contribution is 0.466. The van der Waals surface area contributed by atoms with Crippen LogP contribution in [-0.2, 0) is 6.54 Å². The van der Waals surface area contributed by atoms with Gasteiger partial charge >= 0.3 is 0 Å². The minimum absolute atomic E-state index is 0.115. The fourth-order valence-electron chi connectivity index (χ4n) is 3.11. The van der Waals surface area contributed by atoms with Crippen molar-refractivity contribution in [2.24, 2.45) is 11.7 Å². The van der Waals surface area contributed by atoms with Gasteiger partial charge in [0.1, 0.15) is 0 Å². The van der Waals surface area contributed by atoms with E-state index in [-0.39, 0.29) is 6.04 Å². The molecule has 0 radical (unpaired) electrons. The Bertz CT molecular complexity index is 533. The third-order valence-corrected chi connectivity index (χ3v) is 4.25. The summed E-state index contributed by atoms with van der Waals surface area (Å²) in [5.41, 5.74) is 8.55. The van der Waals surface area contributed by atoms with E-state index in [1.165, 1.54) is 48.7 Å². The number of nitrogens with two attached hydrogens (primary N) is 1. The fraction of sp³-hybridized carbons (Fsp3) is 0.500. The Kier molecular flexibility index (Phi) is 3.13. The van der Waals surface area contributed by atoms with Crippen molar-refractivity contribution in [1.29, 1.82) is 0 Å². The molecule has 1 fully saturated rings. The van der Waals surface area contributed by atoms with Gasteiger partial charge < -0.3 is 10.3 Å². The van der Waals surface area contributed by atoms with Crippen LogP contribution in [0, 0.1) is 5.92 Å². The highest BCUT2D eigenvalue weighted by molar-refractivity contribution is 5.81. The molecule has 0 amide bonds. The van der Waals surface area contributed by atoms with Gasteiger partial charge in [-0.2, -0.15) is 0 Å². The molecule has 0 aliphatic heterocycles. The Morgan fingerprint density at radius 1 is 1.28 bits per heavy atom. The summed E-state index contributed by atoms with van der Waals surface area (Å²) in [6.45, 7) is 3.22. The molecule has 2 aromatic rings. The topological polar surface area (TPSA) is 30.9 Å². The Morgan fingerprint density at radius 3 is 2.78 bits per heavy atom. The maximum absolute atomic E-state index is 5.98. The first-order valence-electron chi connectivity index (χ1n) is 7.08. The number of hydrogen-bond donors (Lipinski definition) is 1. The summed E-state index contributed by atoms with van der Waals surface area (Å²) in [5.74, 6) is 0.875. The van der Waals surface area contributed by atoms with Crippen LogP contribution in [0.4, 0.5) is 0 Å². The Labute approximate surface area is 109 Å². The minimum atomic E-state index is 0.115. The number of nitrogens with zero attached hydrogens (tertiary/aromatic N) is 1. The molecule has 1 aromatic heterocycles. The number of hydrogen-bond acceptors (Lipinski definition) is 1. The molecule has 1 atom stereocenters. The molecule has 3 rings (SSSR count). The molecule has 0 spiro atoms. The maximum Gasteiger partial charge on any atom is 0.0483 e. The van der Waals surface area contributed by atoms with Crippen LogP contribution in [0.25, 0.3) is 10.9 Å². The lowest BCUT2D eigenvalue weighted by Gasteiger charge is -2.13. The monoisotopic (exact) mass is 242 g/mol. The molecule has 1 aliphatic carbocycles. The highest BCUT2D eigenvalue weighted by atomic mass is 15.0. The SMILES string of the molecule is CC(N)c1ccc2ccn(CC3CCCC3)c2c1. The van der Waals surface area contributed by atoms with E-state index in [2.05, 4.69) is 35.0 Å². The molecule has 2 heteroatoms. The predicted molar refractivity (Wildman–Crippen MR) is 76.5 cm³/mol. The summed E-state index contributed by atoms with van der Waals surface area (Å²) in [6, 6.07) is 8.93. The van der Waals surface area contributed by atoms with Crippen LogP contribution in [0.15, 0.2) is 30.5 Å². The first-order chi connectivity index (χ1) is 8.74. The van der Waals surface area contributed by atoms with Crippen molar-refractivity contribution in [1.82, 2.24) is 4.57 Å². The largest absolute Gasteiger partial charge is 0.347 e. The lowest BCUT2D eigenvalue weighted by atomic mass is 10.1. The standard InChI is InChI=1S/C16H22N2/c1-12(17)15-7-6-14-8-9-18(16(14)10-15)11-13-4-2-3-5-13/h6-10,12-13H,2-5,11,17H2,1H3. The molecular weight excluding hydrogens is 220 g/mol. The van der Waals surface area contributed by atoms with E-state index in [1.807, 2.05) is 6.92 Å². The second-order valence-corrected chi connectivity index (χ2v) is 5.73. The van der Waals surface area contributed by atoms with Crippen molar-refractivity contribution in [3.8, 4) is 0 Å². The van der Waals surface area contributed by atoms with Crippen LogP contribution in [0.1, 0.15) is 44.2 Å². The van der Waals surface area contributed by atoms with Gasteiger partial charge in [0.2, 0.25) is 0 Å². The molecule has 1 saturated carbocycles. The number of fused-ring (bicyclic) bond motifs is 1. The van der Waals surface area contributed by atoms with Crippen molar-refractivity contribution in [2.75, 3.05) is 0 Å². The zero-order valence-electron chi connectivity index (χ0n) is 11.1. The summed E-state index contributed by atoms with van der Waals surface area (Å²) in [4.78, 5) is 0. The van der Waals surface area contributed by atoms with Gasteiger partial charge in [-0.1, -0.05) is 25.0 Å². The fourth-order valence-corrected chi connectivity index (χ4v) is 3.11. The highest BCUT2D eigenvalue weighted by Gasteiger charge is 2.16. The van der Waals surface area contributed by atoms with Gasteiger partial charge in [-0.3, -0.25) is 0 Å². The Hall–Kier alpha value is -1.28. The quantitative estimate of drug-likeness (QED) is 0.870. The molecule has 96 valence electrons. The van der Waals surface area contributed by atoms with Crippen LogP contribution in [0.3, 0.4) is 0 Å². The molecule has 2 N–H and O–H groups in total. The molecular formula is C16H22N2. The predicted octanol–water partition coefficient (Wildman–Crippen LogP) is 3.85. The average molecular weight is 242 g/mol. The zero-order chi connectivity index (χ0) is 12.5. The zero-order valence-corrected chi connectivity index (χ0v) is 11.1. The molecule has 18 heavy (non-hydrogen) atoms. The summed E-state index contributed by atoms with van der Waals surface area (Å²) < 4.78 is 2.41. The molecule has 1 heterocycles. The van der Waals surface area contributed by atoms with Crippen molar-refractivity contribution < 1.29 is 0 Å². The van der Waals surface area contributed by atoms with Gasteiger partial charge in [-0.05, 0) is 48.8 Å². The van der Waals surface area contributed by atoms with E-state index in [0.29, 0.717) is 0 Å². The normalized spacial score (nSPS) is 18.6. The molecule has 0 saturated heterocycles. The van der Waals surface area contributed by atoms with Gasteiger partial charge in [0, 0.05) is 24.3 Å². The molecule has 1 aromatic carbocycles. The molecule has 1 unspecified atom stereocenters. The summed E-state index contributed by atoms with van der Waals surface area (Å²) >= 11 is 0. The second-order valence-electron chi connectivity index (χ2n) is 5.73. The van der Waals surface area contributed by atoms with Gasteiger partial charge in [0.15, 0.2) is 0 Å². The first kappa shape index (κ1) is 11.8. The van der Waals surface area contributed by atoms with Crippen LogP contribution in [0.5, 0.6) is 0 Å². The molecule has 1 aliphatic rings. The molecule has 0 bridgehead atoms. The van der Waals surface area contributed by atoms with Gasteiger partial charge in [0.25, 0.3) is 0 Å². The van der Waals surface area contributed by atoms with Gasteiger partial charge in [0.05, 0.1) is 0 Å². The van der Waals surface area contributed by atoms with Crippen LogP contribution in [-0.4, -0.2) is 4.57 Å². The number of rotatable bonds is 3. The maximum atomic E-state index is 5.98. The third kappa shape index (κ3) is 2.17. The average Bonchev–Trinajstić information content (AvgIpc) is 2.99. The van der Waals surface area contributed by atoms with Gasteiger partial charge in [-0.25, -0.2) is 0 Å². The van der Waals surface area contributed by atoms with E-state index < -0.39 is 0 Å². The van der Waals surface area contributed by atoms with E-state index >= 15 is 0 Å². The van der Waals surface area contributed by atoms with Crippen molar-refractivity contribution in [3.05, 3.63) is 36.0 Å². The third-order valence-electron chi connectivity index (χ3n) is 4.25. The van der Waals surface area contributed by atoms with Gasteiger partial charge in [-0.15, -0.1) is 0 Å². The van der Waals surface area contributed by atoms with Crippen LogP contribution < -0.4 is 5.73 Å². The highest BCUT2D eigenvalue weighted by Crippen LogP contribution is 2.28. The van der Waals surface area contributed by atoms with Crippen LogP contribution >= 0.6 is 0 Å². The Morgan fingerprint density at radius 2 is 2.06 bits per heavy atom. The van der Waals surface area contributed by atoms with E-state index in [9.17, 15) is 0 Å². The lowest BCUT2D eigenvalue weighted by Crippen LogP contribution is -2.07. The van der Waals surface area contributed by atoms with E-state index in [0.717, 1.165) is 5.92 Å². The van der Waals surface area contributed by atoms with E-state index in [1.54, 1.807) is 0 Å². The summed E-state index contributed by atoms with van der Waals surface area (Å²) in [6.07, 6.45) is 7.84. The minimum Gasteiger partial charge on any atom is -0.347 e. The summed E-state index contributed by atoms with van der Waals surface area (Å²) in [5, 5.41) is 1.33. The molecule has 2 nitrogen and oxygen atoms in total. The van der Waals surface area contributed by atoms with Crippen LogP contribution in [0.2, 0.25) is 0 Å². The van der Waals surface area contributed by atoms with Crippen molar-refractivity contribution in [2.45, 2.75) is 45.2 Å². The smallest absolute Gasteiger partial charge is 0.0483 e. The summed E-state index contributed by atoms with van der Waals surface area (Å²) in [7, 11) is 0. The second kappa shape index (κ2) is 4.77. The Balaban J connectivity index is 1.93. The first-order valence-corrected chi connectivity index (χ1v) is 7.08. The number of benzene rings is 1. The van der Waals surface area contributed by atoms with Crippen molar-refractivity contribution >= 4 is 10.9 Å². The number of aromatic nitrogens is 1.